The zero-order valence-corrected chi connectivity index (χ0v) is 17.1. The first-order valence-corrected chi connectivity index (χ1v) is 10.0. The summed E-state index contributed by atoms with van der Waals surface area (Å²) in [5.41, 5.74) is 1.77. The van der Waals surface area contributed by atoms with Crippen LogP contribution in [0.25, 0.3) is 10.8 Å². The molecule has 2 amide bonds. The highest BCUT2D eigenvalue weighted by molar-refractivity contribution is 6.30. The molecule has 0 aliphatic rings. The molecule has 3 aromatic carbocycles. The van der Waals surface area contributed by atoms with Crippen LogP contribution in [0.15, 0.2) is 66.7 Å². The zero-order valence-electron chi connectivity index (χ0n) is 16.4. The summed E-state index contributed by atoms with van der Waals surface area (Å²) < 4.78 is 0. The second-order valence-corrected chi connectivity index (χ2v) is 7.37. The number of rotatable bonds is 8. The van der Waals surface area contributed by atoms with Gasteiger partial charge < -0.3 is 15.5 Å². The minimum absolute atomic E-state index is 0.0882. The van der Waals surface area contributed by atoms with Gasteiger partial charge in [0.15, 0.2) is 13.1 Å². The van der Waals surface area contributed by atoms with E-state index in [1.807, 2.05) is 61.5 Å². The molecule has 0 aliphatic carbocycles. The first kappa shape index (κ1) is 20.8. The Morgan fingerprint density at radius 1 is 0.897 bits per heavy atom. The van der Waals surface area contributed by atoms with E-state index in [1.54, 1.807) is 12.1 Å². The van der Waals surface area contributed by atoms with Crippen LogP contribution in [0.5, 0.6) is 0 Å². The fraction of sp³-hybridized carbons (Fsp3) is 0.217. The predicted molar refractivity (Wildman–Crippen MR) is 117 cm³/mol. The highest BCUT2D eigenvalue weighted by Gasteiger charge is 2.17. The van der Waals surface area contributed by atoms with Crippen molar-refractivity contribution in [2.24, 2.45) is 0 Å². The van der Waals surface area contributed by atoms with Crippen molar-refractivity contribution in [3.63, 3.8) is 0 Å². The first-order valence-electron chi connectivity index (χ1n) is 9.67. The zero-order chi connectivity index (χ0) is 20.6. The Hall–Kier alpha value is -2.89. The van der Waals surface area contributed by atoms with Crippen molar-refractivity contribution in [2.75, 3.05) is 25.0 Å². The van der Waals surface area contributed by atoms with E-state index in [0.717, 1.165) is 26.9 Å². The second-order valence-electron chi connectivity index (χ2n) is 6.94. The monoisotopic (exact) mass is 410 g/mol. The second kappa shape index (κ2) is 10.0. The molecule has 0 saturated carbocycles. The molecular weight excluding hydrogens is 386 g/mol. The Kier molecular flexibility index (Phi) is 7.22. The van der Waals surface area contributed by atoms with Gasteiger partial charge in [0.2, 0.25) is 0 Å². The average Bonchev–Trinajstić information content (AvgIpc) is 2.73. The lowest BCUT2D eigenvalue weighted by Crippen LogP contribution is -3.13. The van der Waals surface area contributed by atoms with E-state index in [0.29, 0.717) is 18.1 Å². The van der Waals surface area contributed by atoms with Crippen LogP contribution < -0.4 is 15.5 Å². The summed E-state index contributed by atoms with van der Waals surface area (Å²) in [6.07, 6.45) is 0. The van der Waals surface area contributed by atoms with Gasteiger partial charge >= 0.3 is 0 Å². The third-order valence-corrected chi connectivity index (χ3v) is 5.04. The molecule has 5 nitrogen and oxygen atoms in total. The molecule has 0 heterocycles. The van der Waals surface area contributed by atoms with Gasteiger partial charge in [-0.05, 0) is 36.1 Å². The molecule has 3 rings (SSSR count). The van der Waals surface area contributed by atoms with Crippen LogP contribution >= 0.6 is 11.6 Å². The van der Waals surface area contributed by atoms with Crippen molar-refractivity contribution in [1.82, 2.24) is 5.32 Å². The third-order valence-electron chi connectivity index (χ3n) is 4.79. The van der Waals surface area contributed by atoms with Crippen LogP contribution in [0.2, 0.25) is 5.02 Å². The molecule has 29 heavy (non-hydrogen) atoms. The molecule has 3 N–H and O–H groups in total. The number of carbonyl (C=O) groups excluding carboxylic acids is 2. The number of hydrogen-bond acceptors (Lipinski definition) is 2. The topological polar surface area (TPSA) is 62.6 Å². The maximum absolute atomic E-state index is 12.5. The van der Waals surface area contributed by atoms with Crippen molar-refractivity contribution in [3.8, 4) is 0 Å². The molecule has 0 saturated heterocycles. The lowest BCUT2D eigenvalue weighted by atomic mass is 10.1. The third kappa shape index (κ3) is 6.04. The molecule has 1 unspecified atom stereocenters. The molecule has 0 aromatic heterocycles. The van der Waals surface area contributed by atoms with Crippen LogP contribution in [-0.4, -0.2) is 31.4 Å². The summed E-state index contributed by atoms with van der Waals surface area (Å²) in [5.74, 6) is -0.196. The fourth-order valence-electron chi connectivity index (χ4n) is 3.16. The SMILES string of the molecule is CC[NH+](CC(=O)NCc1ccc(Cl)cc1)CC(=O)Nc1cccc2ccccc12. The lowest BCUT2D eigenvalue weighted by molar-refractivity contribution is -0.881. The van der Waals surface area contributed by atoms with Crippen LogP contribution in [0.3, 0.4) is 0 Å². The molecule has 0 radical (unpaired) electrons. The Labute approximate surface area is 175 Å². The van der Waals surface area contributed by atoms with Crippen LogP contribution in [0.4, 0.5) is 5.69 Å². The maximum atomic E-state index is 12.5. The summed E-state index contributed by atoms with van der Waals surface area (Å²) in [7, 11) is 0. The summed E-state index contributed by atoms with van der Waals surface area (Å²) in [6, 6.07) is 21.1. The van der Waals surface area contributed by atoms with E-state index in [9.17, 15) is 9.59 Å². The summed E-state index contributed by atoms with van der Waals surface area (Å²) in [6.45, 7) is 3.56. The number of carbonyl (C=O) groups is 2. The van der Waals surface area contributed by atoms with Gasteiger partial charge in [-0.2, -0.15) is 0 Å². The number of benzene rings is 3. The van der Waals surface area contributed by atoms with Gasteiger partial charge in [0.25, 0.3) is 11.8 Å². The number of amides is 2. The van der Waals surface area contributed by atoms with Crippen LogP contribution in [-0.2, 0) is 16.1 Å². The minimum Gasteiger partial charge on any atom is -0.347 e. The number of anilines is 1. The van der Waals surface area contributed by atoms with E-state index < -0.39 is 0 Å². The highest BCUT2D eigenvalue weighted by Crippen LogP contribution is 2.22. The van der Waals surface area contributed by atoms with Crippen molar-refractivity contribution in [2.45, 2.75) is 13.5 Å². The van der Waals surface area contributed by atoms with Crippen molar-refractivity contribution in [1.29, 1.82) is 0 Å². The lowest BCUT2D eigenvalue weighted by Gasteiger charge is -2.17. The minimum atomic E-state index is -0.108. The van der Waals surface area contributed by atoms with Gasteiger partial charge in [0.1, 0.15) is 0 Å². The molecule has 1 atom stereocenters. The Morgan fingerprint density at radius 2 is 1.59 bits per heavy atom. The number of fused-ring (bicyclic) bond motifs is 1. The van der Waals surface area contributed by atoms with Gasteiger partial charge in [0.05, 0.1) is 6.54 Å². The molecular formula is C23H25ClN3O2+. The number of nitrogens with one attached hydrogen (secondary N) is 3. The van der Waals surface area contributed by atoms with E-state index in [2.05, 4.69) is 10.6 Å². The fourth-order valence-corrected chi connectivity index (χ4v) is 3.29. The molecule has 0 bridgehead atoms. The van der Waals surface area contributed by atoms with Crippen LogP contribution in [0, 0.1) is 0 Å². The first-order chi connectivity index (χ1) is 14.0. The normalized spacial score (nSPS) is 11.8. The molecule has 0 fully saturated rings. The van der Waals surface area contributed by atoms with Gasteiger partial charge in [0, 0.05) is 22.6 Å². The van der Waals surface area contributed by atoms with E-state index >= 15 is 0 Å². The van der Waals surface area contributed by atoms with Gasteiger partial charge in [-0.25, -0.2) is 0 Å². The van der Waals surface area contributed by atoms with E-state index in [4.69, 9.17) is 11.6 Å². The van der Waals surface area contributed by atoms with Gasteiger partial charge in [-0.15, -0.1) is 0 Å². The summed E-state index contributed by atoms with van der Waals surface area (Å²) >= 11 is 5.87. The number of halogens is 1. The number of likely N-dealkylation sites (N-methyl/N-ethyl adjacent to an activating group) is 1. The van der Waals surface area contributed by atoms with Crippen molar-refractivity contribution < 1.29 is 14.5 Å². The molecule has 3 aromatic rings. The molecule has 0 aliphatic heterocycles. The van der Waals surface area contributed by atoms with E-state index in [-0.39, 0.29) is 24.9 Å². The van der Waals surface area contributed by atoms with Crippen LogP contribution in [0.1, 0.15) is 12.5 Å². The number of hydrogen-bond donors (Lipinski definition) is 3. The van der Waals surface area contributed by atoms with Crippen molar-refractivity contribution in [3.05, 3.63) is 77.3 Å². The Morgan fingerprint density at radius 3 is 2.34 bits per heavy atom. The maximum Gasteiger partial charge on any atom is 0.279 e. The predicted octanol–water partition coefficient (Wildman–Crippen LogP) is 2.65. The summed E-state index contributed by atoms with van der Waals surface area (Å²) in [5, 5.41) is 8.62. The molecule has 150 valence electrons. The number of quaternary nitrogens is 1. The van der Waals surface area contributed by atoms with Crippen molar-refractivity contribution >= 4 is 39.9 Å². The van der Waals surface area contributed by atoms with Gasteiger partial charge in [-0.3, -0.25) is 9.59 Å². The standard InChI is InChI=1S/C23H24ClN3O2/c1-2-27(15-22(28)25-14-17-10-12-19(24)13-11-17)16-23(29)26-21-9-5-7-18-6-3-4-8-20(18)21/h3-13H,2,14-16H2,1H3,(H,25,28)(H,26,29)/p+1. The van der Waals surface area contributed by atoms with Gasteiger partial charge in [-0.1, -0.05) is 60.1 Å². The van der Waals surface area contributed by atoms with E-state index in [1.165, 1.54) is 0 Å². The largest absolute Gasteiger partial charge is 0.347 e. The average molecular weight is 411 g/mol. The quantitative estimate of drug-likeness (QED) is 0.534. The molecule has 0 spiro atoms. The highest BCUT2D eigenvalue weighted by atomic mass is 35.5. The summed E-state index contributed by atoms with van der Waals surface area (Å²) in [4.78, 5) is 25.7. The smallest absolute Gasteiger partial charge is 0.279 e. The Balaban J connectivity index is 1.52. The Bertz CT molecular complexity index is 984. The molecule has 6 heteroatoms.